The largest absolute Gasteiger partial charge is 0.389 e. The fourth-order valence-electron chi connectivity index (χ4n) is 1.00. The summed E-state index contributed by atoms with van der Waals surface area (Å²) in [5.74, 6) is 0. The van der Waals surface area contributed by atoms with E-state index in [-0.39, 0.29) is 6.10 Å². The molecular formula is C10H20O. The van der Waals surface area contributed by atoms with Crippen LogP contribution in [0, 0.1) is 0 Å². The first-order chi connectivity index (χ1) is 5.22. The third kappa shape index (κ3) is 5.02. The zero-order valence-electron chi connectivity index (χ0n) is 7.93. The zero-order chi connectivity index (χ0) is 8.69. The molecule has 1 unspecified atom stereocenters. The number of aliphatic hydroxyl groups is 1. The molecule has 1 aliphatic carbocycles. The maximum atomic E-state index is 9.11. The molecule has 1 nitrogen and oxygen atoms in total. The maximum absolute atomic E-state index is 9.11. The molecule has 0 aliphatic heterocycles. The first-order valence-electron chi connectivity index (χ1n) is 4.57. The molecule has 1 heteroatoms. The number of allylic oxidation sites excluding steroid dienone is 1. The maximum Gasteiger partial charge on any atom is 0.0747 e. The van der Waals surface area contributed by atoms with Crippen molar-refractivity contribution in [2.45, 2.75) is 52.6 Å². The van der Waals surface area contributed by atoms with Crippen molar-refractivity contribution in [2.75, 3.05) is 0 Å². The van der Waals surface area contributed by atoms with Crippen LogP contribution in [0.25, 0.3) is 0 Å². The van der Waals surface area contributed by atoms with Gasteiger partial charge in [0.15, 0.2) is 0 Å². The standard InChI is InChI=1S/C7H12O.C3H8/c1-6-4-2-3-5-7(6)8;1-3-2/h4,7-8H,2-3,5H2,1H3;3H2,1-2H3. The minimum atomic E-state index is -0.135. The van der Waals surface area contributed by atoms with Crippen LogP contribution in [0.15, 0.2) is 11.6 Å². The molecule has 0 aromatic carbocycles. The van der Waals surface area contributed by atoms with Gasteiger partial charge in [-0.05, 0) is 31.8 Å². The van der Waals surface area contributed by atoms with Crippen molar-refractivity contribution in [1.29, 1.82) is 0 Å². The van der Waals surface area contributed by atoms with Crippen LogP contribution in [0.3, 0.4) is 0 Å². The van der Waals surface area contributed by atoms with Gasteiger partial charge in [-0.25, -0.2) is 0 Å². The fraction of sp³-hybridized carbons (Fsp3) is 0.800. The first-order valence-corrected chi connectivity index (χ1v) is 4.57. The lowest BCUT2D eigenvalue weighted by Crippen LogP contribution is -2.10. The van der Waals surface area contributed by atoms with E-state index in [2.05, 4.69) is 19.9 Å². The van der Waals surface area contributed by atoms with Crippen molar-refractivity contribution in [1.82, 2.24) is 0 Å². The summed E-state index contributed by atoms with van der Waals surface area (Å²) in [5.41, 5.74) is 1.15. The summed E-state index contributed by atoms with van der Waals surface area (Å²) in [7, 11) is 0. The molecule has 1 rings (SSSR count). The third-order valence-electron chi connectivity index (χ3n) is 1.67. The molecule has 0 saturated carbocycles. The molecule has 0 fully saturated rings. The second-order valence-electron chi connectivity index (χ2n) is 3.10. The highest BCUT2D eigenvalue weighted by atomic mass is 16.3. The Balaban J connectivity index is 0.000000292. The first kappa shape index (κ1) is 10.7. The van der Waals surface area contributed by atoms with Crippen LogP contribution in [-0.4, -0.2) is 11.2 Å². The van der Waals surface area contributed by atoms with Crippen LogP contribution < -0.4 is 0 Å². The van der Waals surface area contributed by atoms with Gasteiger partial charge in [-0.1, -0.05) is 26.3 Å². The van der Waals surface area contributed by atoms with Gasteiger partial charge in [-0.15, -0.1) is 0 Å². The second-order valence-corrected chi connectivity index (χ2v) is 3.10. The van der Waals surface area contributed by atoms with Gasteiger partial charge in [0.25, 0.3) is 0 Å². The molecule has 0 radical (unpaired) electrons. The summed E-state index contributed by atoms with van der Waals surface area (Å²) in [4.78, 5) is 0. The van der Waals surface area contributed by atoms with Crippen molar-refractivity contribution in [2.24, 2.45) is 0 Å². The SMILES string of the molecule is CC1=CCCCC1O.CCC. The third-order valence-corrected chi connectivity index (χ3v) is 1.67. The molecule has 66 valence electrons. The molecule has 0 aromatic heterocycles. The van der Waals surface area contributed by atoms with Gasteiger partial charge in [0.1, 0.15) is 0 Å². The summed E-state index contributed by atoms with van der Waals surface area (Å²) < 4.78 is 0. The lowest BCUT2D eigenvalue weighted by molar-refractivity contribution is 0.191. The summed E-state index contributed by atoms with van der Waals surface area (Å²) in [5, 5.41) is 9.11. The van der Waals surface area contributed by atoms with E-state index in [1.807, 2.05) is 6.92 Å². The topological polar surface area (TPSA) is 20.2 Å². The van der Waals surface area contributed by atoms with E-state index in [4.69, 9.17) is 5.11 Å². The van der Waals surface area contributed by atoms with Gasteiger partial charge in [-0.2, -0.15) is 0 Å². The smallest absolute Gasteiger partial charge is 0.0747 e. The lowest BCUT2D eigenvalue weighted by atomic mass is 9.98. The monoisotopic (exact) mass is 156 g/mol. The van der Waals surface area contributed by atoms with Crippen molar-refractivity contribution in [3.8, 4) is 0 Å². The highest BCUT2D eigenvalue weighted by Crippen LogP contribution is 2.16. The highest BCUT2D eigenvalue weighted by Gasteiger charge is 2.08. The molecule has 0 spiro atoms. The number of rotatable bonds is 0. The Kier molecular flexibility index (Phi) is 6.24. The van der Waals surface area contributed by atoms with Crippen molar-refractivity contribution >= 4 is 0 Å². The van der Waals surface area contributed by atoms with Gasteiger partial charge < -0.3 is 5.11 Å². The van der Waals surface area contributed by atoms with Crippen LogP contribution >= 0.6 is 0 Å². The van der Waals surface area contributed by atoms with E-state index in [1.165, 1.54) is 6.42 Å². The van der Waals surface area contributed by atoms with E-state index in [0.717, 1.165) is 24.8 Å². The average Bonchev–Trinajstić information content (AvgIpc) is 1.97. The Morgan fingerprint density at radius 3 is 2.36 bits per heavy atom. The molecule has 1 atom stereocenters. The van der Waals surface area contributed by atoms with Crippen molar-refractivity contribution < 1.29 is 5.11 Å². The minimum Gasteiger partial charge on any atom is -0.389 e. The normalized spacial score (nSPS) is 23.3. The van der Waals surface area contributed by atoms with Crippen LogP contribution in [0.1, 0.15) is 46.5 Å². The Morgan fingerprint density at radius 2 is 2.09 bits per heavy atom. The molecule has 0 aromatic rings. The quantitative estimate of drug-likeness (QED) is 0.535. The van der Waals surface area contributed by atoms with Gasteiger partial charge in [0, 0.05) is 0 Å². The molecule has 0 amide bonds. The molecule has 0 saturated heterocycles. The Morgan fingerprint density at radius 1 is 1.55 bits per heavy atom. The van der Waals surface area contributed by atoms with Gasteiger partial charge in [0.05, 0.1) is 6.10 Å². The molecule has 0 heterocycles. The predicted octanol–water partition coefficient (Wildman–Crippen LogP) is 2.89. The Bertz CT molecular complexity index is 116. The number of hydrogen-bond donors (Lipinski definition) is 1. The van der Waals surface area contributed by atoms with E-state index < -0.39 is 0 Å². The Labute approximate surface area is 70.1 Å². The van der Waals surface area contributed by atoms with E-state index in [1.54, 1.807) is 0 Å². The minimum absolute atomic E-state index is 0.135. The summed E-state index contributed by atoms with van der Waals surface area (Å²) in [6.45, 7) is 6.24. The summed E-state index contributed by atoms with van der Waals surface area (Å²) in [6, 6.07) is 0. The van der Waals surface area contributed by atoms with Gasteiger partial charge in [0.2, 0.25) is 0 Å². The number of hydrogen-bond acceptors (Lipinski definition) is 1. The van der Waals surface area contributed by atoms with Crippen molar-refractivity contribution in [3.63, 3.8) is 0 Å². The highest BCUT2D eigenvalue weighted by molar-refractivity contribution is 5.07. The van der Waals surface area contributed by atoms with Crippen LogP contribution in [0.2, 0.25) is 0 Å². The van der Waals surface area contributed by atoms with E-state index in [9.17, 15) is 0 Å². The van der Waals surface area contributed by atoms with Crippen LogP contribution in [0.4, 0.5) is 0 Å². The summed E-state index contributed by atoms with van der Waals surface area (Å²) in [6.07, 6.45) is 6.50. The molecule has 1 aliphatic rings. The van der Waals surface area contributed by atoms with Crippen LogP contribution in [-0.2, 0) is 0 Å². The fourth-order valence-corrected chi connectivity index (χ4v) is 1.00. The Hall–Kier alpha value is -0.300. The molecule has 1 N–H and O–H groups in total. The van der Waals surface area contributed by atoms with Gasteiger partial charge >= 0.3 is 0 Å². The summed E-state index contributed by atoms with van der Waals surface area (Å²) >= 11 is 0. The average molecular weight is 156 g/mol. The predicted molar refractivity (Wildman–Crippen MR) is 49.6 cm³/mol. The molecule has 11 heavy (non-hydrogen) atoms. The van der Waals surface area contributed by atoms with E-state index in [0.29, 0.717) is 0 Å². The van der Waals surface area contributed by atoms with E-state index >= 15 is 0 Å². The molecule has 0 bridgehead atoms. The number of aliphatic hydroxyl groups excluding tert-OH is 1. The second kappa shape index (κ2) is 6.41. The van der Waals surface area contributed by atoms with Crippen LogP contribution in [0.5, 0.6) is 0 Å². The lowest BCUT2D eigenvalue weighted by Gasteiger charge is -2.14. The van der Waals surface area contributed by atoms with Crippen molar-refractivity contribution in [3.05, 3.63) is 11.6 Å². The zero-order valence-corrected chi connectivity index (χ0v) is 7.93. The van der Waals surface area contributed by atoms with Gasteiger partial charge in [-0.3, -0.25) is 0 Å². The molecular weight excluding hydrogens is 136 g/mol.